The van der Waals surface area contributed by atoms with E-state index in [1.165, 1.54) is 6.07 Å². The molecule has 0 atom stereocenters. The van der Waals surface area contributed by atoms with Gasteiger partial charge in [-0.3, -0.25) is 9.59 Å². The third kappa shape index (κ3) is 3.57. The van der Waals surface area contributed by atoms with E-state index < -0.39 is 5.91 Å². The van der Waals surface area contributed by atoms with Crippen molar-refractivity contribution in [1.29, 1.82) is 0 Å². The highest BCUT2D eigenvalue weighted by Gasteiger charge is 2.15. The first-order chi connectivity index (χ1) is 13.6. The van der Waals surface area contributed by atoms with Crippen LogP contribution in [0.1, 0.15) is 28.6 Å². The Balaban J connectivity index is 1.59. The first kappa shape index (κ1) is 17.7. The predicted octanol–water partition coefficient (Wildman–Crippen LogP) is 3.85. The van der Waals surface area contributed by atoms with Gasteiger partial charge in [-0.15, -0.1) is 0 Å². The Kier molecular flexibility index (Phi) is 4.76. The van der Waals surface area contributed by atoms with E-state index in [4.69, 9.17) is 4.42 Å². The number of hydrogen-bond acceptors (Lipinski definition) is 4. The number of carbonyl (C=O) groups is 1. The number of nitrogens with zero attached hydrogens (tertiary/aromatic N) is 2. The normalized spacial score (nSPS) is 10.9. The van der Waals surface area contributed by atoms with Gasteiger partial charge in [0.15, 0.2) is 11.2 Å². The van der Waals surface area contributed by atoms with Gasteiger partial charge >= 0.3 is 0 Å². The van der Waals surface area contributed by atoms with Crippen LogP contribution >= 0.6 is 0 Å². The highest BCUT2D eigenvalue weighted by atomic mass is 16.3. The number of anilines is 1. The van der Waals surface area contributed by atoms with Crippen LogP contribution in [-0.4, -0.2) is 15.7 Å². The Morgan fingerprint density at radius 2 is 1.89 bits per heavy atom. The minimum atomic E-state index is -0.492. The number of hydrogen-bond donors (Lipinski definition) is 1. The van der Waals surface area contributed by atoms with Crippen LogP contribution in [0.3, 0.4) is 0 Å². The van der Waals surface area contributed by atoms with E-state index in [1.54, 1.807) is 29.1 Å². The summed E-state index contributed by atoms with van der Waals surface area (Å²) < 4.78 is 7.35. The third-order valence-corrected chi connectivity index (χ3v) is 4.56. The first-order valence-corrected chi connectivity index (χ1v) is 9.08. The molecule has 0 aliphatic rings. The van der Waals surface area contributed by atoms with Crippen molar-refractivity contribution in [3.05, 3.63) is 94.0 Å². The molecule has 140 valence electrons. The molecule has 2 aromatic carbocycles. The standard InChI is InChI=1S/C22H19N3O3/c1-2-15-8-9-19-17(12-15)18(26)13-20(28-19)22(27)24-21-10-11-23-25(21)14-16-6-4-3-5-7-16/h3-13H,2,14H2,1H3,(H,24,27). The second-order valence-electron chi connectivity index (χ2n) is 6.47. The maximum atomic E-state index is 12.7. The monoisotopic (exact) mass is 373 g/mol. The lowest BCUT2D eigenvalue weighted by atomic mass is 10.1. The molecule has 4 aromatic rings. The quantitative estimate of drug-likeness (QED) is 0.576. The Labute approximate surface area is 161 Å². The SMILES string of the molecule is CCc1ccc2oc(C(=O)Nc3ccnn3Cc3ccccc3)cc(=O)c2c1. The van der Waals surface area contributed by atoms with Crippen LogP contribution in [0.2, 0.25) is 0 Å². The fourth-order valence-corrected chi connectivity index (χ4v) is 3.03. The van der Waals surface area contributed by atoms with E-state index >= 15 is 0 Å². The summed E-state index contributed by atoms with van der Waals surface area (Å²) in [6.45, 7) is 2.54. The Morgan fingerprint density at radius 1 is 1.07 bits per heavy atom. The lowest BCUT2D eigenvalue weighted by molar-refractivity contribution is 0.0996. The van der Waals surface area contributed by atoms with Gasteiger partial charge in [-0.05, 0) is 29.7 Å². The summed E-state index contributed by atoms with van der Waals surface area (Å²) in [5.41, 5.74) is 2.26. The van der Waals surface area contributed by atoms with Gasteiger partial charge in [-0.25, -0.2) is 4.68 Å². The van der Waals surface area contributed by atoms with E-state index in [0.717, 1.165) is 17.5 Å². The van der Waals surface area contributed by atoms with Gasteiger partial charge in [-0.2, -0.15) is 5.10 Å². The Bertz CT molecular complexity index is 1190. The summed E-state index contributed by atoms with van der Waals surface area (Å²) >= 11 is 0. The lowest BCUT2D eigenvalue weighted by Crippen LogP contribution is -2.18. The molecule has 0 fully saturated rings. The summed E-state index contributed by atoms with van der Waals surface area (Å²) in [5, 5.41) is 7.50. The van der Waals surface area contributed by atoms with Crippen LogP contribution < -0.4 is 10.7 Å². The van der Waals surface area contributed by atoms with E-state index in [1.807, 2.05) is 43.3 Å². The molecule has 2 heterocycles. The number of carbonyl (C=O) groups excluding carboxylic acids is 1. The highest BCUT2D eigenvalue weighted by Crippen LogP contribution is 2.17. The molecule has 6 nitrogen and oxygen atoms in total. The summed E-state index contributed by atoms with van der Waals surface area (Å²) in [4.78, 5) is 25.1. The molecule has 0 saturated heterocycles. The topological polar surface area (TPSA) is 77.1 Å². The van der Waals surface area contributed by atoms with E-state index in [9.17, 15) is 9.59 Å². The Morgan fingerprint density at radius 3 is 2.68 bits per heavy atom. The van der Waals surface area contributed by atoms with Crippen molar-refractivity contribution < 1.29 is 9.21 Å². The van der Waals surface area contributed by atoms with Gasteiger partial charge in [-0.1, -0.05) is 43.3 Å². The average Bonchev–Trinajstić information content (AvgIpc) is 3.15. The second kappa shape index (κ2) is 7.52. The van der Waals surface area contributed by atoms with Crippen molar-refractivity contribution in [3.63, 3.8) is 0 Å². The molecule has 0 aliphatic heterocycles. The van der Waals surface area contributed by atoms with E-state index in [-0.39, 0.29) is 11.2 Å². The fourth-order valence-electron chi connectivity index (χ4n) is 3.03. The number of amides is 1. The zero-order valence-electron chi connectivity index (χ0n) is 15.4. The zero-order chi connectivity index (χ0) is 19.5. The smallest absolute Gasteiger partial charge is 0.292 e. The minimum Gasteiger partial charge on any atom is -0.451 e. The molecular weight excluding hydrogens is 354 g/mol. The van der Waals surface area contributed by atoms with Crippen molar-refractivity contribution in [1.82, 2.24) is 9.78 Å². The molecule has 0 unspecified atom stereocenters. The molecule has 0 radical (unpaired) electrons. The number of nitrogens with one attached hydrogen (secondary N) is 1. The molecular formula is C22H19N3O3. The number of benzene rings is 2. The number of aromatic nitrogens is 2. The van der Waals surface area contributed by atoms with Gasteiger partial charge in [0, 0.05) is 12.1 Å². The van der Waals surface area contributed by atoms with Gasteiger partial charge in [0.1, 0.15) is 11.4 Å². The minimum absolute atomic E-state index is 0.0331. The maximum absolute atomic E-state index is 12.7. The molecule has 1 N–H and O–H groups in total. The number of aryl methyl sites for hydroxylation is 1. The molecule has 0 saturated carbocycles. The summed E-state index contributed by atoms with van der Waals surface area (Å²) in [6, 6.07) is 18.2. The summed E-state index contributed by atoms with van der Waals surface area (Å²) in [6.07, 6.45) is 2.43. The van der Waals surface area contributed by atoms with Crippen LogP contribution in [0, 0.1) is 0 Å². The van der Waals surface area contributed by atoms with E-state index in [2.05, 4.69) is 10.4 Å². The molecule has 1 amide bonds. The first-order valence-electron chi connectivity index (χ1n) is 9.08. The summed E-state index contributed by atoms with van der Waals surface area (Å²) in [5.74, 6) is 0.000481. The maximum Gasteiger partial charge on any atom is 0.292 e. The number of fused-ring (bicyclic) bond motifs is 1. The molecule has 0 bridgehead atoms. The van der Waals surface area contributed by atoms with Gasteiger partial charge in [0.2, 0.25) is 0 Å². The lowest BCUT2D eigenvalue weighted by Gasteiger charge is -2.09. The van der Waals surface area contributed by atoms with Crippen LogP contribution in [0.25, 0.3) is 11.0 Å². The zero-order valence-corrected chi connectivity index (χ0v) is 15.4. The van der Waals surface area contributed by atoms with Crippen LogP contribution in [0.4, 0.5) is 5.82 Å². The summed E-state index contributed by atoms with van der Waals surface area (Å²) in [7, 11) is 0. The van der Waals surface area contributed by atoms with Crippen molar-refractivity contribution in [3.8, 4) is 0 Å². The van der Waals surface area contributed by atoms with Crippen molar-refractivity contribution in [2.45, 2.75) is 19.9 Å². The van der Waals surface area contributed by atoms with Crippen molar-refractivity contribution in [2.24, 2.45) is 0 Å². The molecule has 28 heavy (non-hydrogen) atoms. The van der Waals surface area contributed by atoms with Crippen molar-refractivity contribution >= 4 is 22.7 Å². The van der Waals surface area contributed by atoms with Gasteiger partial charge in [0.25, 0.3) is 5.91 Å². The Hall–Kier alpha value is -3.67. The molecule has 4 rings (SSSR count). The van der Waals surface area contributed by atoms with Gasteiger partial charge < -0.3 is 9.73 Å². The molecule has 2 aromatic heterocycles. The van der Waals surface area contributed by atoms with Crippen LogP contribution in [0.5, 0.6) is 0 Å². The molecule has 0 aliphatic carbocycles. The second-order valence-corrected chi connectivity index (χ2v) is 6.47. The van der Waals surface area contributed by atoms with Crippen LogP contribution in [-0.2, 0) is 13.0 Å². The van der Waals surface area contributed by atoms with Crippen LogP contribution in [0.15, 0.2) is 76.1 Å². The molecule has 6 heteroatoms. The highest BCUT2D eigenvalue weighted by molar-refractivity contribution is 6.02. The average molecular weight is 373 g/mol. The fraction of sp³-hybridized carbons (Fsp3) is 0.136. The van der Waals surface area contributed by atoms with Crippen molar-refractivity contribution in [2.75, 3.05) is 5.32 Å². The van der Waals surface area contributed by atoms with Gasteiger partial charge in [0.05, 0.1) is 18.1 Å². The predicted molar refractivity (Wildman–Crippen MR) is 108 cm³/mol. The van der Waals surface area contributed by atoms with E-state index in [0.29, 0.717) is 23.3 Å². The number of rotatable bonds is 5. The molecule has 0 spiro atoms. The third-order valence-electron chi connectivity index (χ3n) is 4.56. The largest absolute Gasteiger partial charge is 0.451 e.